The Bertz CT molecular complexity index is 383. The number of hydrogen-bond donors (Lipinski definition) is 0. The molecule has 1 rings (SSSR count). The molecule has 0 aliphatic heterocycles. The maximum absolute atomic E-state index is 10.7. The lowest BCUT2D eigenvalue weighted by atomic mass is 10.4. The largest absolute Gasteiger partial charge is 0.272 e. The summed E-state index contributed by atoms with van der Waals surface area (Å²) in [5.41, 5.74) is 0.767. The summed E-state index contributed by atoms with van der Waals surface area (Å²) >= 11 is 0. The summed E-state index contributed by atoms with van der Waals surface area (Å²) in [7, 11) is -3.36. The summed E-state index contributed by atoms with van der Waals surface area (Å²) in [5.74, 6) is 0. The highest BCUT2D eigenvalue weighted by Crippen LogP contribution is 2.02. The van der Waals surface area contributed by atoms with Crippen molar-refractivity contribution < 1.29 is 12.6 Å². The van der Waals surface area contributed by atoms with Crippen molar-refractivity contribution in [2.24, 2.45) is 0 Å². The van der Waals surface area contributed by atoms with Gasteiger partial charge < -0.3 is 0 Å². The molecule has 0 unspecified atom stereocenters. The summed E-state index contributed by atoms with van der Waals surface area (Å²) in [6.07, 6.45) is 5.42. The molecule has 5 nitrogen and oxygen atoms in total. The molecule has 0 spiro atoms. The quantitative estimate of drug-likeness (QED) is 0.685. The molecule has 0 atom stereocenters. The average Bonchev–Trinajstić information content (AvgIpc) is 2.49. The predicted octanol–water partition coefficient (Wildman–Crippen LogP) is 0.769. The first-order valence-electron chi connectivity index (χ1n) is 4.37. The number of aromatic nitrogens is 2. The van der Waals surface area contributed by atoms with Crippen molar-refractivity contribution in [3.8, 4) is 0 Å². The zero-order valence-electron chi connectivity index (χ0n) is 8.30. The van der Waals surface area contributed by atoms with Gasteiger partial charge in [-0.25, -0.2) is 0 Å². The molecule has 0 aromatic carbocycles. The number of rotatable bonds is 5. The van der Waals surface area contributed by atoms with Gasteiger partial charge in [0, 0.05) is 18.3 Å². The molecule has 0 saturated heterocycles. The van der Waals surface area contributed by atoms with E-state index >= 15 is 0 Å². The minimum absolute atomic E-state index is 0.0581. The first-order chi connectivity index (χ1) is 6.51. The van der Waals surface area contributed by atoms with Crippen LogP contribution in [-0.4, -0.2) is 24.5 Å². The molecule has 0 N–H and O–H groups in total. The lowest BCUT2D eigenvalue weighted by Crippen LogP contribution is -2.02. The minimum Gasteiger partial charge on any atom is -0.272 e. The zero-order valence-corrected chi connectivity index (χ0v) is 9.12. The smallest absolute Gasteiger partial charge is 0.264 e. The molecule has 0 aliphatic rings. The maximum atomic E-state index is 10.7. The molecule has 1 aromatic heterocycles. The average molecular weight is 218 g/mol. The normalized spacial score (nSPS) is 11.9. The second kappa shape index (κ2) is 4.56. The van der Waals surface area contributed by atoms with Crippen molar-refractivity contribution >= 4 is 10.1 Å². The van der Waals surface area contributed by atoms with Gasteiger partial charge in [0.15, 0.2) is 0 Å². The molecule has 0 bridgehead atoms. The standard InChI is InChI=1S/C8H14N2O3S/c1-3-4-10-6-8(5-9-10)7-13-14(2,11)12/h5-6H,3-4,7H2,1-2H3. The van der Waals surface area contributed by atoms with Gasteiger partial charge in [-0.15, -0.1) is 0 Å². The van der Waals surface area contributed by atoms with Crippen LogP contribution in [0.25, 0.3) is 0 Å². The second-order valence-electron chi connectivity index (χ2n) is 3.08. The van der Waals surface area contributed by atoms with Crippen molar-refractivity contribution in [3.05, 3.63) is 18.0 Å². The van der Waals surface area contributed by atoms with Crippen LogP contribution in [0.2, 0.25) is 0 Å². The highest BCUT2D eigenvalue weighted by molar-refractivity contribution is 7.85. The van der Waals surface area contributed by atoms with Crippen molar-refractivity contribution in [2.75, 3.05) is 6.26 Å². The van der Waals surface area contributed by atoms with Crippen LogP contribution < -0.4 is 0 Å². The molecule has 1 heterocycles. The third kappa shape index (κ3) is 3.89. The Morgan fingerprint density at radius 3 is 2.86 bits per heavy atom. The highest BCUT2D eigenvalue weighted by atomic mass is 32.2. The van der Waals surface area contributed by atoms with E-state index in [4.69, 9.17) is 0 Å². The minimum atomic E-state index is -3.36. The van der Waals surface area contributed by atoms with E-state index in [1.165, 1.54) is 0 Å². The van der Waals surface area contributed by atoms with Crippen molar-refractivity contribution in [3.63, 3.8) is 0 Å². The molecule has 6 heteroatoms. The van der Waals surface area contributed by atoms with Gasteiger partial charge in [0.05, 0.1) is 19.1 Å². The van der Waals surface area contributed by atoms with Crippen molar-refractivity contribution in [1.29, 1.82) is 0 Å². The topological polar surface area (TPSA) is 61.2 Å². The first-order valence-corrected chi connectivity index (χ1v) is 6.18. The predicted molar refractivity (Wildman–Crippen MR) is 52.2 cm³/mol. The third-order valence-electron chi connectivity index (χ3n) is 1.58. The van der Waals surface area contributed by atoms with Gasteiger partial charge in [-0.1, -0.05) is 6.92 Å². The van der Waals surface area contributed by atoms with E-state index in [1.807, 2.05) is 6.92 Å². The lowest BCUT2D eigenvalue weighted by Gasteiger charge is -1.97. The van der Waals surface area contributed by atoms with Crippen molar-refractivity contribution in [2.45, 2.75) is 26.5 Å². The molecular weight excluding hydrogens is 204 g/mol. The Morgan fingerprint density at radius 1 is 1.57 bits per heavy atom. The SMILES string of the molecule is CCCn1cc(COS(C)(=O)=O)cn1. The molecule has 1 aromatic rings. The van der Waals surface area contributed by atoms with E-state index < -0.39 is 10.1 Å². The van der Waals surface area contributed by atoms with E-state index in [0.29, 0.717) is 0 Å². The fourth-order valence-corrected chi connectivity index (χ4v) is 1.36. The van der Waals surface area contributed by atoms with Crippen LogP contribution in [0.4, 0.5) is 0 Å². The third-order valence-corrected chi connectivity index (χ3v) is 2.13. The van der Waals surface area contributed by atoms with Gasteiger partial charge >= 0.3 is 0 Å². The Kier molecular flexibility index (Phi) is 3.65. The van der Waals surface area contributed by atoms with Crippen molar-refractivity contribution in [1.82, 2.24) is 9.78 Å². The molecule has 0 amide bonds. The van der Waals surface area contributed by atoms with E-state index in [-0.39, 0.29) is 6.61 Å². The first kappa shape index (κ1) is 11.2. The summed E-state index contributed by atoms with van der Waals surface area (Å²) in [4.78, 5) is 0. The van der Waals surface area contributed by atoms with Crippen LogP contribution in [0.3, 0.4) is 0 Å². The molecule has 0 aliphatic carbocycles. The van der Waals surface area contributed by atoms with Gasteiger partial charge in [0.1, 0.15) is 0 Å². The van der Waals surface area contributed by atoms with Crippen LogP contribution in [0.15, 0.2) is 12.4 Å². The Balaban J connectivity index is 2.52. The van der Waals surface area contributed by atoms with Crippen LogP contribution in [-0.2, 0) is 27.5 Å². The molecule has 80 valence electrons. The molecule has 0 fully saturated rings. The Hall–Kier alpha value is -0.880. The van der Waals surface area contributed by atoms with E-state index in [0.717, 1.165) is 24.8 Å². The van der Waals surface area contributed by atoms with Crippen LogP contribution >= 0.6 is 0 Å². The number of hydrogen-bond acceptors (Lipinski definition) is 4. The molecule has 0 radical (unpaired) electrons. The van der Waals surface area contributed by atoms with E-state index in [2.05, 4.69) is 9.28 Å². The van der Waals surface area contributed by atoms with E-state index in [1.54, 1.807) is 17.1 Å². The second-order valence-corrected chi connectivity index (χ2v) is 4.72. The number of aryl methyl sites for hydroxylation is 1. The highest BCUT2D eigenvalue weighted by Gasteiger charge is 2.04. The van der Waals surface area contributed by atoms with Gasteiger partial charge in [-0.05, 0) is 6.42 Å². The van der Waals surface area contributed by atoms with Crippen LogP contribution in [0.1, 0.15) is 18.9 Å². The summed E-state index contributed by atoms with van der Waals surface area (Å²) in [5, 5.41) is 4.05. The lowest BCUT2D eigenvalue weighted by molar-refractivity contribution is 0.311. The Morgan fingerprint density at radius 2 is 2.29 bits per heavy atom. The number of nitrogens with zero attached hydrogens (tertiary/aromatic N) is 2. The summed E-state index contributed by atoms with van der Waals surface area (Å²) in [6, 6.07) is 0. The molecule has 14 heavy (non-hydrogen) atoms. The van der Waals surface area contributed by atoms with Gasteiger partial charge in [0.2, 0.25) is 0 Å². The fraction of sp³-hybridized carbons (Fsp3) is 0.625. The maximum Gasteiger partial charge on any atom is 0.264 e. The molecular formula is C8H14N2O3S. The summed E-state index contributed by atoms with van der Waals surface area (Å²) < 4.78 is 27.8. The van der Waals surface area contributed by atoms with E-state index in [9.17, 15) is 8.42 Å². The van der Waals surface area contributed by atoms with Crippen LogP contribution in [0.5, 0.6) is 0 Å². The van der Waals surface area contributed by atoms with Crippen LogP contribution in [0, 0.1) is 0 Å². The monoisotopic (exact) mass is 218 g/mol. The summed E-state index contributed by atoms with van der Waals surface area (Å²) in [6.45, 7) is 2.94. The molecule has 0 saturated carbocycles. The van der Waals surface area contributed by atoms with Gasteiger partial charge in [0.25, 0.3) is 10.1 Å². The Labute approximate surface area is 83.8 Å². The van der Waals surface area contributed by atoms with Gasteiger partial charge in [-0.3, -0.25) is 8.86 Å². The zero-order chi connectivity index (χ0) is 10.6. The van der Waals surface area contributed by atoms with Gasteiger partial charge in [-0.2, -0.15) is 13.5 Å². The fourth-order valence-electron chi connectivity index (χ4n) is 1.01.